The Morgan fingerprint density at radius 2 is 0.766 bits per heavy atom. The highest BCUT2D eigenvalue weighted by Gasteiger charge is 2.43. The molecule has 13 heteroatoms. The molecule has 77 heavy (non-hydrogen) atoms. The molecule has 412 valence electrons. The maximum absolute atomic E-state index is 17.9. The quantitative estimate of drug-likeness (QED) is 0.0634. The normalized spacial score (nSPS) is 18.6. The Morgan fingerprint density at radius 3 is 1.09 bits per heavy atom. The summed E-state index contributed by atoms with van der Waals surface area (Å²) >= 11 is 0. The van der Waals surface area contributed by atoms with Gasteiger partial charge in [0.25, 0.3) is 11.8 Å². The lowest BCUT2D eigenvalue weighted by Crippen LogP contribution is -2.24. The van der Waals surface area contributed by atoms with Gasteiger partial charge in [-0.1, -0.05) is 161 Å². The Morgan fingerprint density at radius 1 is 0.416 bits per heavy atom. The van der Waals surface area contributed by atoms with Crippen LogP contribution < -0.4 is 4.74 Å². The molecule has 0 bridgehead atoms. The fourth-order valence-electron chi connectivity index (χ4n) is 11.8. The van der Waals surface area contributed by atoms with Gasteiger partial charge in [0.1, 0.15) is 24.7 Å². The van der Waals surface area contributed by atoms with Crippen LogP contribution in [-0.2, 0) is 47.4 Å². The third-order valence-electron chi connectivity index (χ3n) is 15.6. The van der Waals surface area contributed by atoms with Crippen molar-refractivity contribution in [2.45, 2.75) is 153 Å². The molecule has 0 aliphatic heterocycles. The van der Waals surface area contributed by atoms with E-state index in [1.165, 1.54) is 48.5 Å². The molecule has 0 unspecified atom stereocenters. The average molecular weight is 1080 g/mol. The highest BCUT2D eigenvalue weighted by molar-refractivity contribution is 5.58. The standard InChI is InChI=1S/C64H68F10O3/c1-3-11-43-17-21-47(22-18-43)49-25-31-53(32-26-49)63(71,72)59-51(39-75-41-61(65,66)67)29-35-57(55(59)37-45-13-7-5-8-14-45)77-58-36-30-52(40-76-42-62(68,69)70)60(56(58)38-46-15-9-6-10-16-46)64(73,74)54-33-27-50(28-34-54)48-23-19-44(12-4-2)20-24-48/h5-10,13-16,25-36,43-44,47-48H,3-4,11-12,17-24,37-42H2,1-2H3. The summed E-state index contributed by atoms with van der Waals surface area (Å²) in [5, 5.41) is 0. The second-order valence-electron chi connectivity index (χ2n) is 21.2. The fourth-order valence-corrected chi connectivity index (χ4v) is 11.8. The van der Waals surface area contributed by atoms with E-state index < -0.39 is 72.9 Å². The van der Waals surface area contributed by atoms with Crippen molar-refractivity contribution in [2.24, 2.45) is 11.8 Å². The van der Waals surface area contributed by atoms with E-state index >= 15 is 17.6 Å². The van der Waals surface area contributed by atoms with Gasteiger partial charge in [0, 0.05) is 46.2 Å². The number of alkyl halides is 10. The van der Waals surface area contributed by atoms with Crippen LogP contribution in [0.15, 0.2) is 133 Å². The summed E-state index contributed by atoms with van der Waals surface area (Å²) in [7, 11) is 0. The van der Waals surface area contributed by atoms with Gasteiger partial charge in [0.15, 0.2) is 0 Å². The first-order valence-electron chi connectivity index (χ1n) is 27.1. The minimum atomic E-state index is -4.77. The Labute approximate surface area is 446 Å². The van der Waals surface area contributed by atoms with Crippen molar-refractivity contribution in [3.05, 3.63) is 200 Å². The molecule has 3 nitrogen and oxygen atoms in total. The van der Waals surface area contributed by atoms with Crippen LogP contribution in [0.2, 0.25) is 0 Å². The average Bonchev–Trinajstić information content (AvgIpc) is 3.40. The lowest BCUT2D eigenvalue weighted by molar-refractivity contribution is -0.177. The van der Waals surface area contributed by atoms with Crippen LogP contribution in [0, 0.1) is 11.8 Å². The fraction of sp³-hybridized carbons (Fsp3) is 0.438. The Hall–Kier alpha value is -5.66. The number of halogens is 10. The largest absolute Gasteiger partial charge is 0.457 e. The molecule has 8 rings (SSSR count). The molecular formula is C64H68F10O3. The zero-order valence-electron chi connectivity index (χ0n) is 43.7. The van der Waals surface area contributed by atoms with Gasteiger partial charge in [-0.2, -0.15) is 43.9 Å². The van der Waals surface area contributed by atoms with E-state index in [2.05, 4.69) is 13.8 Å². The van der Waals surface area contributed by atoms with Crippen molar-refractivity contribution in [3.63, 3.8) is 0 Å². The number of hydrogen-bond acceptors (Lipinski definition) is 3. The second-order valence-corrected chi connectivity index (χ2v) is 21.2. The van der Waals surface area contributed by atoms with Crippen molar-refractivity contribution in [1.82, 2.24) is 0 Å². The molecule has 0 spiro atoms. The number of rotatable bonds is 22. The van der Waals surface area contributed by atoms with Crippen molar-refractivity contribution < 1.29 is 58.1 Å². The molecule has 6 aromatic rings. The van der Waals surface area contributed by atoms with Crippen LogP contribution in [0.5, 0.6) is 11.5 Å². The van der Waals surface area contributed by atoms with E-state index in [0.29, 0.717) is 23.0 Å². The smallest absolute Gasteiger partial charge is 0.411 e. The highest BCUT2D eigenvalue weighted by Crippen LogP contribution is 2.49. The summed E-state index contributed by atoms with van der Waals surface area (Å²) in [6.07, 6.45) is 2.35. The van der Waals surface area contributed by atoms with Gasteiger partial charge in [0.05, 0.1) is 13.2 Å². The maximum Gasteiger partial charge on any atom is 0.411 e. The van der Waals surface area contributed by atoms with E-state index in [0.717, 1.165) is 88.2 Å². The number of benzene rings is 6. The third kappa shape index (κ3) is 14.9. The molecule has 2 saturated carbocycles. The van der Waals surface area contributed by atoms with Gasteiger partial charge in [-0.15, -0.1) is 0 Å². The van der Waals surface area contributed by atoms with Gasteiger partial charge in [-0.05, 0) is 121 Å². The topological polar surface area (TPSA) is 27.7 Å². The summed E-state index contributed by atoms with van der Waals surface area (Å²) < 4.78 is 170. The van der Waals surface area contributed by atoms with E-state index in [1.807, 2.05) is 0 Å². The Bertz CT molecular complexity index is 2600. The zero-order valence-corrected chi connectivity index (χ0v) is 43.7. The summed E-state index contributed by atoms with van der Waals surface area (Å²) in [4.78, 5) is 0. The van der Waals surface area contributed by atoms with Crippen molar-refractivity contribution in [3.8, 4) is 11.5 Å². The Balaban J connectivity index is 1.26. The first kappa shape index (κ1) is 57.5. The van der Waals surface area contributed by atoms with Gasteiger partial charge in [0.2, 0.25) is 0 Å². The summed E-state index contributed by atoms with van der Waals surface area (Å²) in [6, 6.07) is 34.3. The third-order valence-corrected chi connectivity index (χ3v) is 15.6. The van der Waals surface area contributed by atoms with Crippen molar-refractivity contribution >= 4 is 0 Å². The maximum atomic E-state index is 17.9. The van der Waals surface area contributed by atoms with Crippen molar-refractivity contribution in [1.29, 1.82) is 0 Å². The molecule has 0 aromatic heterocycles. The SMILES string of the molecule is CCCC1CCC(c2ccc(C(F)(F)c3c(COCC(F)(F)F)ccc(Oc4ccc(COCC(F)(F)F)c(C(F)(F)c5ccc(C6CCC(CCC)CC6)cc5)c4Cc4ccccc4)c3Cc3ccccc3)cc2)CC1. The van der Waals surface area contributed by atoms with E-state index in [1.54, 1.807) is 84.9 Å². The van der Waals surface area contributed by atoms with Crippen molar-refractivity contribution in [2.75, 3.05) is 13.2 Å². The molecule has 0 atom stereocenters. The zero-order chi connectivity index (χ0) is 54.8. The molecular weight excluding hydrogens is 1010 g/mol. The van der Waals surface area contributed by atoms with E-state index in [4.69, 9.17) is 14.2 Å². The molecule has 0 heterocycles. The lowest BCUT2D eigenvalue weighted by atomic mass is 9.77. The molecule has 0 radical (unpaired) electrons. The number of ether oxygens (including phenoxy) is 3. The van der Waals surface area contributed by atoms with Crippen LogP contribution in [-0.4, -0.2) is 25.6 Å². The van der Waals surface area contributed by atoms with Crippen LogP contribution >= 0.6 is 0 Å². The molecule has 2 aliphatic carbocycles. The van der Waals surface area contributed by atoms with E-state index in [-0.39, 0.29) is 58.4 Å². The first-order chi connectivity index (χ1) is 36.8. The minimum absolute atomic E-state index is 0.136. The van der Waals surface area contributed by atoms with Gasteiger partial charge in [-0.3, -0.25) is 0 Å². The Kier molecular flexibility index (Phi) is 19.0. The highest BCUT2D eigenvalue weighted by atomic mass is 19.4. The first-order valence-corrected chi connectivity index (χ1v) is 27.1. The molecule has 0 saturated heterocycles. The van der Waals surface area contributed by atoms with Crippen LogP contribution in [0.1, 0.15) is 169 Å². The summed E-state index contributed by atoms with van der Waals surface area (Å²) in [5.41, 5.74) is -0.0467. The molecule has 0 amide bonds. The van der Waals surface area contributed by atoms with Gasteiger partial charge >= 0.3 is 12.4 Å². The van der Waals surface area contributed by atoms with Crippen LogP contribution in [0.25, 0.3) is 0 Å². The molecule has 6 aromatic carbocycles. The van der Waals surface area contributed by atoms with Gasteiger partial charge < -0.3 is 14.2 Å². The summed E-state index contributed by atoms with van der Waals surface area (Å²) in [6.45, 7) is -0.802. The predicted octanol–water partition coefficient (Wildman–Crippen LogP) is 19.2. The van der Waals surface area contributed by atoms with Crippen LogP contribution in [0.3, 0.4) is 0 Å². The molecule has 0 N–H and O–H groups in total. The molecule has 2 fully saturated rings. The monoisotopic (exact) mass is 1070 g/mol. The molecule has 2 aliphatic rings. The number of hydrogen-bond donors (Lipinski definition) is 0. The predicted molar refractivity (Wildman–Crippen MR) is 281 cm³/mol. The lowest BCUT2D eigenvalue weighted by Gasteiger charge is -2.30. The van der Waals surface area contributed by atoms with E-state index in [9.17, 15) is 26.3 Å². The van der Waals surface area contributed by atoms with Gasteiger partial charge in [-0.25, -0.2) is 0 Å². The summed E-state index contributed by atoms with van der Waals surface area (Å²) in [5.74, 6) is -6.52. The van der Waals surface area contributed by atoms with Crippen LogP contribution in [0.4, 0.5) is 43.9 Å². The second kappa shape index (κ2) is 25.4. The minimum Gasteiger partial charge on any atom is -0.457 e.